The van der Waals surface area contributed by atoms with Gasteiger partial charge in [-0.3, -0.25) is 9.59 Å². The molecule has 30 heavy (non-hydrogen) atoms. The monoisotopic (exact) mass is 442 g/mol. The SMILES string of the molecule is CCCCCCCCCCCCOC(=O)CCCC(=O)OCc1c(F)cccc1Cl. The number of carbonyl (C=O) groups excluding carboxylic acids is 2. The highest BCUT2D eigenvalue weighted by Gasteiger charge is 2.11. The van der Waals surface area contributed by atoms with Crippen molar-refractivity contribution in [2.75, 3.05) is 6.61 Å². The summed E-state index contributed by atoms with van der Waals surface area (Å²) in [4.78, 5) is 23.5. The summed E-state index contributed by atoms with van der Waals surface area (Å²) < 4.78 is 23.8. The van der Waals surface area contributed by atoms with Crippen LogP contribution in [0.1, 0.15) is 96.0 Å². The van der Waals surface area contributed by atoms with Crippen LogP contribution in [0.15, 0.2) is 18.2 Å². The fourth-order valence-corrected chi connectivity index (χ4v) is 3.34. The number of esters is 2. The number of hydrogen-bond donors (Lipinski definition) is 0. The summed E-state index contributed by atoms with van der Waals surface area (Å²) >= 11 is 5.89. The van der Waals surface area contributed by atoms with Gasteiger partial charge in [-0.05, 0) is 25.0 Å². The minimum Gasteiger partial charge on any atom is -0.466 e. The summed E-state index contributed by atoms with van der Waals surface area (Å²) in [6.07, 6.45) is 12.9. The van der Waals surface area contributed by atoms with Crippen molar-refractivity contribution in [3.63, 3.8) is 0 Å². The Kier molecular flexibility index (Phi) is 15.1. The molecule has 0 radical (unpaired) electrons. The van der Waals surface area contributed by atoms with Crippen molar-refractivity contribution in [1.82, 2.24) is 0 Å². The Labute approximate surface area is 185 Å². The number of ether oxygens (including phenoxy) is 2. The van der Waals surface area contributed by atoms with Crippen molar-refractivity contribution in [1.29, 1.82) is 0 Å². The third kappa shape index (κ3) is 12.8. The van der Waals surface area contributed by atoms with Crippen molar-refractivity contribution < 1.29 is 23.5 Å². The molecule has 0 spiro atoms. The highest BCUT2D eigenvalue weighted by Crippen LogP contribution is 2.20. The zero-order chi connectivity index (χ0) is 22.0. The van der Waals surface area contributed by atoms with E-state index in [-0.39, 0.29) is 36.0 Å². The van der Waals surface area contributed by atoms with Gasteiger partial charge in [0, 0.05) is 18.4 Å². The fraction of sp³-hybridized carbons (Fsp3) is 0.667. The maximum absolute atomic E-state index is 13.6. The lowest BCUT2D eigenvalue weighted by Crippen LogP contribution is -2.09. The van der Waals surface area contributed by atoms with E-state index in [0.717, 1.165) is 12.8 Å². The molecule has 0 aliphatic rings. The van der Waals surface area contributed by atoms with Crippen molar-refractivity contribution in [3.8, 4) is 0 Å². The van der Waals surface area contributed by atoms with E-state index in [9.17, 15) is 14.0 Å². The zero-order valence-electron chi connectivity index (χ0n) is 18.2. The van der Waals surface area contributed by atoms with Gasteiger partial charge in [0.1, 0.15) is 12.4 Å². The Morgan fingerprint density at radius 3 is 2.00 bits per heavy atom. The minimum absolute atomic E-state index is 0.0828. The van der Waals surface area contributed by atoms with Crippen LogP contribution in [0.5, 0.6) is 0 Å². The van der Waals surface area contributed by atoms with Gasteiger partial charge in [0.05, 0.1) is 11.6 Å². The molecule has 170 valence electrons. The molecule has 0 unspecified atom stereocenters. The molecule has 0 amide bonds. The topological polar surface area (TPSA) is 52.6 Å². The molecule has 0 bridgehead atoms. The predicted molar refractivity (Wildman–Crippen MR) is 118 cm³/mol. The summed E-state index contributed by atoms with van der Waals surface area (Å²) in [5.74, 6) is -1.29. The second kappa shape index (κ2) is 17.1. The molecule has 0 aliphatic heterocycles. The van der Waals surface area contributed by atoms with Crippen molar-refractivity contribution >= 4 is 23.5 Å². The van der Waals surface area contributed by atoms with Crippen LogP contribution in [-0.2, 0) is 25.7 Å². The smallest absolute Gasteiger partial charge is 0.306 e. The van der Waals surface area contributed by atoms with Crippen molar-refractivity contribution in [2.24, 2.45) is 0 Å². The lowest BCUT2D eigenvalue weighted by atomic mass is 10.1. The van der Waals surface area contributed by atoms with E-state index in [2.05, 4.69) is 6.92 Å². The largest absolute Gasteiger partial charge is 0.466 e. The zero-order valence-corrected chi connectivity index (χ0v) is 19.0. The second-order valence-electron chi connectivity index (χ2n) is 7.62. The molecule has 0 atom stereocenters. The molecule has 0 aliphatic carbocycles. The van der Waals surface area contributed by atoms with Gasteiger partial charge in [-0.25, -0.2) is 4.39 Å². The third-order valence-electron chi connectivity index (χ3n) is 4.96. The number of halogens is 2. The molecule has 0 aromatic heterocycles. The summed E-state index contributed by atoms with van der Waals surface area (Å²) in [6.45, 7) is 2.45. The number of hydrogen-bond acceptors (Lipinski definition) is 4. The Hall–Kier alpha value is -1.62. The average Bonchev–Trinajstić information content (AvgIpc) is 2.71. The Bertz CT molecular complexity index is 601. The minimum atomic E-state index is -0.508. The van der Waals surface area contributed by atoms with E-state index in [0.29, 0.717) is 13.0 Å². The first kappa shape index (κ1) is 26.4. The summed E-state index contributed by atoms with van der Waals surface area (Å²) in [5, 5.41) is 0.221. The van der Waals surface area contributed by atoms with Crippen molar-refractivity contribution in [2.45, 2.75) is 97.0 Å². The lowest BCUT2D eigenvalue weighted by molar-refractivity contribution is -0.146. The van der Waals surface area contributed by atoms with Gasteiger partial charge in [0.2, 0.25) is 0 Å². The van der Waals surface area contributed by atoms with Crippen LogP contribution in [0, 0.1) is 5.82 Å². The van der Waals surface area contributed by atoms with Gasteiger partial charge in [0.15, 0.2) is 0 Å². The van der Waals surface area contributed by atoms with Crippen LogP contribution in [0.25, 0.3) is 0 Å². The summed E-state index contributed by atoms with van der Waals surface area (Å²) in [7, 11) is 0. The number of rotatable bonds is 17. The van der Waals surface area contributed by atoms with Gasteiger partial charge in [-0.1, -0.05) is 82.4 Å². The fourth-order valence-electron chi connectivity index (χ4n) is 3.12. The van der Waals surface area contributed by atoms with E-state index in [1.165, 1.54) is 63.5 Å². The molecule has 1 rings (SSSR count). The highest BCUT2D eigenvalue weighted by molar-refractivity contribution is 6.31. The van der Waals surface area contributed by atoms with Crippen LogP contribution in [-0.4, -0.2) is 18.5 Å². The van der Waals surface area contributed by atoms with Crippen LogP contribution < -0.4 is 0 Å². The van der Waals surface area contributed by atoms with E-state index in [1.807, 2.05) is 0 Å². The third-order valence-corrected chi connectivity index (χ3v) is 5.32. The van der Waals surface area contributed by atoms with Crippen LogP contribution in [0.3, 0.4) is 0 Å². The molecule has 0 fully saturated rings. The number of carbonyl (C=O) groups is 2. The lowest BCUT2D eigenvalue weighted by Gasteiger charge is -2.08. The first-order valence-electron chi connectivity index (χ1n) is 11.3. The first-order valence-corrected chi connectivity index (χ1v) is 11.7. The Morgan fingerprint density at radius 2 is 1.40 bits per heavy atom. The van der Waals surface area contributed by atoms with E-state index in [1.54, 1.807) is 6.07 Å². The van der Waals surface area contributed by atoms with Crippen LogP contribution in [0.4, 0.5) is 4.39 Å². The molecule has 0 N–H and O–H groups in total. The van der Waals surface area contributed by atoms with E-state index in [4.69, 9.17) is 21.1 Å². The molecule has 0 saturated carbocycles. The maximum atomic E-state index is 13.6. The molecule has 1 aromatic carbocycles. The number of benzene rings is 1. The van der Waals surface area contributed by atoms with Gasteiger partial charge < -0.3 is 9.47 Å². The van der Waals surface area contributed by atoms with E-state index >= 15 is 0 Å². The molecule has 4 nitrogen and oxygen atoms in total. The molecule has 6 heteroatoms. The highest BCUT2D eigenvalue weighted by atomic mass is 35.5. The van der Waals surface area contributed by atoms with Gasteiger partial charge in [-0.2, -0.15) is 0 Å². The molecule has 0 saturated heterocycles. The average molecular weight is 443 g/mol. The van der Waals surface area contributed by atoms with Crippen LogP contribution in [0.2, 0.25) is 5.02 Å². The van der Waals surface area contributed by atoms with Crippen molar-refractivity contribution in [3.05, 3.63) is 34.6 Å². The quantitative estimate of drug-likeness (QED) is 0.190. The Balaban J connectivity index is 1.96. The Morgan fingerprint density at radius 1 is 0.833 bits per heavy atom. The van der Waals surface area contributed by atoms with Crippen LogP contribution >= 0.6 is 11.6 Å². The second-order valence-corrected chi connectivity index (χ2v) is 8.02. The van der Waals surface area contributed by atoms with Gasteiger partial charge >= 0.3 is 11.9 Å². The molecular weight excluding hydrogens is 407 g/mol. The van der Waals surface area contributed by atoms with Gasteiger partial charge in [0.25, 0.3) is 0 Å². The normalized spacial score (nSPS) is 10.8. The predicted octanol–water partition coefficient (Wildman–Crippen LogP) is 7.16. The summed E-state index contributed by atoms with van der Waals surface area (Å²) in [5.41, 5.74) is 0.156. The standard InChI is InChI=1S/C24H36ClFO4/c1-2-3-4-5-6-7-8-9-10-11-18-29-23(27)16-13-17-24(28)30-19-20-21(25)14-12-15-22(20)26/h12,14-15H,2-11,13,16-19H2,1H3. The maximum Gasteiger partial charge on any atom is 0.306 e. The molecular formula is C24H36ClFO4. The van der Waals surface area contributed by atoms with Gasteiger partial charge in [-0.15, -0.1) is 0 Å². The van der Waals surface area contributed by atoms with E-state index < -0.39 is 11.8 Å². The number of unbranched alkanes of at least 4 members (excludes halogenated alkanes) is 9. The molecule has 0 heterocycles. The summed E-state index contributed by atoms with van der Waals surface area (Å²) in [6, 6.07) is 4.29. The molecule has 1 aromatic rings. The first-order chi connectivity index (χ1) is 14.5.